The smallest absolute Gasteiger partial charge is 0.257 e. The van der Waals surface area contributed by atoms with Gasteiger partial charge in [-0.2, -0.15) is 5.26 Å². The molecule has 1 aromatic heterocycles. The maximum absolute atomic E-state index is 12.6. The Morgan fingerprint density at radius 2 is 1.89 bits per heavy atom. The first kappa shape index (κ1) is 18.9. The fourth-order valence-electron chi connectivity index (χ4n) is 2.43. The van der Waals surface area contributed by atoms with Crippen molar-refractivity contribution in [3.63, 3.8) is 0 Å². The van der Waals surface area contributed by atoms with Crippen molar-refractivity contribution in [2.45, 2.75) is 20.0 Å². The van der Waals surface area contributed by atoms with Gasteiger partial charge in [0.05, 0.1) is 29.0 Å². The van der Waals surface area contributed by atoms with Crippen LogP contribution in [0.2, 0.25) is 0 Å². The van der Waals surface area contributed by atoms with Gasteiger partial charge in [0.1, 0.15) is 11.5 Å². The highest BCUT2D eigenvalue weighted by molar-refractivity contribution is 6.05. The number of carbonyl (C=O) groups is 1. The van der Waals surface area contributed by atoms with Crippen LogP contribution in [-0.4, -0.2) is 17.0 Å². The van der Waals surface area contributed by atoms with Crippen LogP contribution in [-0.2, 0) is 0 Å². The lowest BCUT2D eigenvalue weighted by Gasteiger charge is -2.15. The zero-order chi connectivity index (χ0) is 19.9. The van der Waals surface area contributed by atoms with Crippen LogP contribution in [0.25, 0.3) is 0 Å². The number of para-hydroxylation sites is 1. The van der Waals surface area contributed by atoms with Gasteiger partial charge in [0.2, 0.25) is 5.88 Å². The van der Waals surface area contributed by atoms with E-state index in [1.54, 1.807) is 30.3 Å². The minimum atomic E-state index is -0.359. The second-order valence-corrected chi connectivity index (χ2v) is 6.24. The summed E-state index contributed by atoms with van der Waals surface area (Å²) in [5.74, 6) is 1.19. The molecule has 0 aliphatic heterocycles. The van der Waals surface area contributed by atoms with E-state index in [1.165, 1.54) is 6.20 Å². The molecule has 1 amide bonds. The summed E-state index contributed by atoms with van der Waals surface area (Å²) in [6, 6.07) is 19.5. The summed E-state index contributed by atoms with van der Waals surface area (Å²) in [5.41, 5.74) is 1.22. The van der Waals surface area contributed by atoms with Gasteiger partial charge in [0.15, 0.2) is 0 Å². The van der Waals surface area contributed by atoms with Gasteiger partial charge in [0, 0.05) is 12.3 Å². The summed E-state index contributed by atoms with van der Waals surface area (Å²) in [5, 5.41) is 11.9. The van der Waals surface area contributed by atoms with Crippen LogP contribution in [0.4, 0.5) is 5.69 Å². The Bertz CT molecular complexity index is 994. The average molecular weight is 373 g/mol. The first-order valence-corrected chi connectivity index (χ1v) is 8.76. The summed E-state index contributed by atoms with van der Waals surface area (Å²) in [6.45, 7) is 3.78. The van der Waals surface area contributed by atoms with Gasteiger partial charge in [0.25, 0.3) is 5.91 Å². The van der Waals surface area contributed by atoms with Gasteiger partial charge in [-0.3, -0.25) is 4.79 Å². The molecule has 6 heteroatoms. The van der Waals surface area contributed by atoms with Crippen molar-refractivity contribution < 1.29 is 14.3 Å². The molecule has 3 aromatic rings. The fraction of sp³-hybridized carbons (Fsp3) is 0.136. The number of carbonyl (C=O) groups excluding carboxylic acids is 1. The van der Waals surface area contributed by atoms with Crippen LogP contribution >= 0.6 is 0 Å². The summed E-state index contributed by atoms with van der Waals surface area (Å²) >= 11 is 0. The average Bonchev–Trinajstić information content (AvgIpc) is 2.70. The van der Waals surface area contributed by atoms with E-state index >= 15 is 0 Å². The molecule has 140 valence electrons. The van der Waals surface area contributed by atoms with E-state index in [0.717, 1.165) is 0 Å². The lowest BCUT2D eigenvalue weighted by molar-refractivity contribution is 0.102. The Kier molecular flexibility index (Phi) is 5.87. The van der Waals surface area contributed by atoms with E-state index in [0.29, 0.717) is 34.2 Å². The molecule has 0 spiro atoms. The molecular formula is C22H19N3O3. The molecular weight excluding hydrogens is 354 g/mol. The highest BCUT2D eigenvalue weighted by atomic mass is 16.5. The maximum atomic E-state index is 12.6. The van der Waals surface area contributed by atoms with Gasteiger partial charge < -0.3 is 14.8 Å². The van der Waals surface area contributed by atoms with Crippen molar-refractivity contribution in [3.05, 3.63) is 78.0 Å². The molecule has 0 aliphatic rings. The van der Waals surface area contributed by atoms with Crippen LogP contribution in [0.5, 0.6) is 17.4 Å². The zero-order valence-corrected chi connectivity index (χ0v) is 15.5. The van der Waals surface area contributed by atoms with Gasteiger partial charge in [-0.05, 0) is 50.2 Å². The highest BCUT2D eigenvalue weighted by Gasteiger charge is 2.13. The number of hydrogen-bond donors (Lipinski definition) is 1. The number of nitrogens with zero attached hydrogens (tertiary/aromatic N) is 2. The SMILES string of the molecule is CC(C)Oc1ccc(C#N)cc1NC(=O)c1ccc(Oc2ccccc2)nc1. The summed E-state index contributed by atoms with van der Waals surface area (Å²) in [7, 11) is 0. The predicted octanol–water partition coefficient (Wildman–Crippen LogP) is 4.79. The quantitative estimate of drug-likeness (QED) is 0.672. The third kappa shape index (κ3) is 4.86. The Balaban J connectivity index is 1.75. The minimum Gasteiger partial charge on any atom is -0.489 e. The van der Waals surface area contributed by atoms with Crippen molar-refractivity contribution in [2.24, 2.45) is 0 Å². The van der Waals surface area contributed by atoms with Crippen LogP contribution in [0.15, 0.2) is 66.9 Å². The number of anilines is 1. The van der Waals surface area contributed by atoms with Crippen LogP contribution in [0, 0.1) is 11.3 Å². The molecule has 28 heavy (non-hydrogen) atoms. The molecule has 2 aromatic carbocycles. The molecule has 0 saturated heterocycles. The van der Waals surface area contributed by atoms with Crippen molar-refractivity contribution in [3.8, 4) is 23.4 Å². The summed E-state index contributed by atoms with van der Waals surface area (Å²) < 4.78 is 11.3. The molecule has 6 nitrogen and oxygen atoms in total. The molecule has 0 radical (unpaired) electrons. The predicted molar refractivity (Wildman–Crippen MR) is 106 cm³/mol. The van der Waals surface area contributed by atoms with E-state index in [1.807, 2.05) is 44.2 Å². The fourth-order valence-corrected chi connectivity index (χ4v) is 2.43. The molecule has 3 rings (SSSR count). The second kappa shape index (κ2) is 8.69. The van der Waals surface area contributed by atoms with E-state index in [9.17, 15) is 4.79 Å². The standard InChI is InChI=1S/C22H19N3O3/c1-15(2)27-20-10-8-16(13-23)12-19(20)25-22(26)17-9-11-21(24-14-17)28-18-6-4-3-5-7-18/h3-12,14-15H,1-2H3,(H,25,26). The monoisotopic (exact) mass is 373 g/mol. The number of nitrogens with one attached hydrogen (secondary N) is 1. The Morgan fingerprint density at radius 1 is 1.11 bits per heavy atom. The van der Waals surface area contributed by atoms with Gasteiger partial charge in [-0.25, -0.2) is 4.98 Å². The zero-order valence-electron chi connectivity index (χ0n) is 15.5. The molecule has 1 heterocycles. The first-order valence-electron chi connectivity index (χ1n) is 8.76. The molecule has 0 bridgehead atoms. The number of rotatable bonds is 6. The Hall–Kier alpha value is -3.85. The van der Waals surface area contributed by atoms with Crippen molar-refractivity contribution in [2.75, 3.05) is 5.32 Å². The molecule has 1 N–H and O–H groups in total. The van der Waals surface area contributed by atoms with Crippen molar-refractivity contribution >= 4 is 11.6 Å². The van der Waals surface area contributed by atoms with E-state index in [2.05, 4.69) is 16.4 Å². The lowest BCUT2D eigenvalue weighted by Crippen LogP contribution is -2.15. The van der Waals surface area contributed by atoms with Gasteiger partial charge in [-0.1, -0.05) is 18.2 Å². The van der Waals surface area contributed by atoms with Crippen LogP contribution in [0.3, 0.4) is 0 Å². The maximum Gasteiger partial charge on any atom is 0.257 e. The number of pyridine rings is 1. The molecule has 0 atom stereocenters. The topological polar surface area (TPSA) is 84.2 Å². The van der Waals surface area contributed by atoms with Gasteiger partial charge >= 0.3 is 0 Å². The molecule has 0 unspecified atom stereocenters. The number of amides is 1. The van der Waals surface area contributed by atoms with Crippen LogP contribution in [0.1, 0.15) is 29.8 Å². The molecule has 0 saturated carbocycles. The van der Waals surface area contributed by atoms with E-state index < -0.39 is 0 Å². The number of nitriles is 1. The molecule has 0 fully saturated rings. The number of benzene rings is 2. The third-order valence-corrected chi connectivity index (χ3v) is 3.68. The summed E-state index contributed by atoms with van der Waals surface area (Å²) in [4.78, 5) is 16.8. The Labute approximate surface area is 163 Å². The number of aromatic nitrogens is 1. The number of ether oxygens (including phenoxy) is 2. The third-order valence-electron chi connectivity index (χ3n) is 3.68. The highest BCUT2D eigenvalue weighted by Crippen LogP contribution is 2.27. The lowest BCUT2D eigenvalue weighted by atomic mass is 10.2. The van der Waals surface area contributed by atoms with E-state index in [4.69, 9.17) is 14.7 Å². The summed E-state index contributed by atoms with van der Waals surface area (Å²) in [6.07, 6.45) is 1.37. The van der Waals surface area contributed by atoms with Crippen molar-refractivity contribution in [1.29, 1.82) is 5.26 Å². The normalized spacial score (nSPS) is 10.2. The van der Waals surface area contributed by atoms with Crippen molar-refractivity contribution in [1.82, 2.24) is 4.98 Å². The largest absolute Gasteiger partial charge is 0.489 e. The first-order chi connectivity index (χ1) is 13.5. The van der Waals surface area contributed by atoms with Gasteiger partial charge in [-0.15, -0.1) is 0 Å². The van der Waals surface area contributed by atoms with E-state index in [-0.39, 0.29) is 12.0 Å². The second-order valence-electron chi connectivity index (χ2n) is 6.24. The van der Waals surface area contributed by atoms with Crippen LogP contribution < -0.4 is 14.8 Å². The number of hydrogen-bond acceptors (Lipinski definition) is 5. The Morgan fingerprint density at radius 3 is 2.54 bits per heavy atom. The molecule has 0 aliphatic carbocycles. The minimum absolute atomic E-state index is 0.0697.